The summed E-state index contributed by atoms with van der Waals surface area (Å²) in [4.78, 5) is 38.0. The van der Waals surface area contributed by atoms with Crippen LogP contribution in [0.5, 0.6) is 0 Å². The molecule has 0 saturated carbocycles. The Kier molecular flexibility index (Phi) is 4.66. The molecular weight excluding hydrogens is 368 g/mol. The quantitative estimate of drug-likeness (QED) is 0.757. The molecule has 9 heteroatoms. The van der Waals surface area contributed by atoms with Crippen molar-refractivity contribution in [1.29, 1.82) is 0 Å². The molecule has 1 unspecified atom stereocenters. The van der Waals surface area contributed by atoms with Crippen molar-refractivity contribution in [1.82, 2.24) is 14.9 Å². The Labute approximate surface area is 160 Å². The minimum Gasteiger partial charge on any atom is -0.331 e. The molecule has 2 aromatic rings. The Bertz CT molecular complexity index is 912. The lowest BCUT2D eigenvalue weighted by Gasteiger charge is -2.28. The van der Waals surface area contributed by atoms with Crippen LogP contribution in [-0.2, 0) is 11.2 Å². The van der Waals surface area contributed by atoms with E-state index in [1.807, 2.05) is 0 Å². The number of hydrogen-bond donors (Lipinski definition) is 0. The SMILES string of the molecule is CN1c2nc(Cc3cc(F)cc(F)c3)ncc2N(C(=O)N2CCCC2)C1C=O. The average Bonchev–Trinajstić information content (AvgIpc) is 3.27. The van der Waals surface area contributed by atoms with Gasteiger partial charge in [0, 0.05) is 32.6 Å². The molecule has 0 spiro atoms. The molecule has 1 fully saturated rings. The summed E-state index contributed by atoms with van der Waals surface area (Å²) in [5.41, 5.74) is 0.848. The number of likely N-dealkylation sites (tertiary alicyclic amines) is 1. The molecule has 0 bridgehead atoms. The van der Waals surface area contributed by atoms with Crippen molar-refractivity contribution in [2.24, 2.45) is 0 Å². The molecule has 2 aliphatic heterocycles. The van der Waals surface area contributed by atoms with Crippen molar-refractivity contribution in [3.8, 4) is 0 Å². The third kappa shape index (κ3) is 3.17. The number of aromatic nitrogens is 2. The van der Waals surface area contributed by atoms with Gasteiger partial charge in [-0.25, -0.2) is 23.5 Å². The lowest BCUT2D eigenvalue weighted by Crippen LogP contribution is -2.50. The summed E-state index contributed by atoms with van der Waals surface area (Å²) in [6, 6.07) is 3.00. The van der Waals surface area contributed by atoms with Crippen LogP contribution in [0.4, 0.5) is 25.1 Å². The Hall–Kier alpha value is -3.10. The van der Waals surface area contributed by atoms with Crippen LogP contribution in [-0.4, -0.2) is 53.5 Å². The maximum Gasteiger partial charge on any atom is 0.326 e. The molecule has 0 aliphatic carbocycles. The lowest BCUT2D eigenvalue weighted by molar-refractivity contribution is -0.108. The van der Waals surface area contributed by atoms with E-state index >= 15 is 0 Å². The standard InChI is InChI=1S/C19H19F2N5O2/c1-24-17(11-27)26(19(28)25-4-2-3-5-25)15-10-22-16(23-18(15)24)8-12-6-13(20)9-14(21)7-12/h6-7,9-11,17H,2-5,8H2,1H3. The van der Waals surface area contributed by atoms with E-state index in [0.717, 1.165) is 18.9 Å². The fourth-order valence-corrected chi connectivity index (χ4v) is 3.68. The second-order valence-corrected chi connectivity index (χ2v) is 6.96. The van der Waals surface area contributed by atoms with E-state index in [0.29, 0.717) is 42.3 Å². The first-order valence-electron chi connectivity index (χ1n) is 9.05. The van der Waals surface area contributed by atoms with Gasteiger partial charge in [0.05, 0.1) is 6.20 Å². The number of amides is 2. The van der Waals surface area contributed by atoms with E-state index < -0.39 is 17.8 Å². The van der Waals surface area contributed by atoms with Crippen LogP contribution >= 0.6 is 0 Å². The van der Waals surface area contributed by atoms with Crippen molar-refractivity contribution < 1.29 is 18.4 Å². The van der Waals surface area contributed by atoms with Crippen molar-refractivity contribution in [2.45, 2.75) is 25.4 Å². The normalized spacial score (nSPS) is 18.5. The van der Waals surface area contributed by atoms with Crippen molar-refractivity contribution in [2.75, 3.05) is 29.9 Å². The molecule has 0 radical (unpaired) electrons. The van der Waals surface area contributed by atoms with Crippen LogP contribution in [0.15, 0.2) is 24.4 Å². The van der Waals surface area contributed by atoms with Crippen LogP contribution in [0, 0.1) is 11.6 Å². The number of carbonyl (C=O) groups excluding carboxylic acids is 2. The largest absolute Gasteiger partial charge is 0.331 e. The molecule has 1 aromatic heterocycles. The number of halogens is 2. The van der Waals surface area contributed by atoms with Crippen LogP contribution < -0.4 is 9.80 Å². The fraction of sp³-hybridized carbons (Fsp3) is 0.368. The monoisotopic (exact) mass is 387 g/mol. The summed E-state index contributed by atoms with van der Waals surface area (Å²) in [6.07, 6.45) is 3.38. The Balaban J connectivity index is 1.65. The third-order valence-electron chi connectivity index (χ3n) is 5.04. The van der Waals surface area contributed by atoms with Gasteiger partial charge in [0.2, 0.25) is 0 Å². The van der Waals surface area contributed by atoms with Gasteiger partial charge in [-0.15, -0.1) is 0 Å². The Morgan fingerprint density at radius 1 is 1.21 bits per heavy atom. The van der Waals surface area contributed by atoms with Gasteiger partial charge in [0.15, 0.2) is 18.3 Å². The highest BCUT2D eigenvalue weighted by molar-refractivity contribution is 6.02. The third-order valence-corrected chi connectivity index (χ3v) is 5.04. The zero-order valence-electron chi connectivity index (χ0n) is 15.3. The molecule has 1 aromatic carbocycles. The first-order valence-corrected chi connectivity index (χ1v) is 9.05. The summed E-state index contributed by atoms with van der Waals surface area (Å²) in [5.74, 6) is -0.560. The van der Waals surface area contributed by atoms with Crippen LogP contribution in [0.3, 0.4) is 0 Å². The lowest BCUT2D eigenvalue weighted by atomic mass is 10.1. The van der Waals surface area contributed by atoms with E-state index in [9.17, 15) is 18.4 Å². The summed E-state index contributed by atoms with van der Waals surface area (Å²) in [7, 11) is 1.67. The predicted octanol–water partition coefficient (Wildman–Crippen LogP) is 2.34. The van der Waals surface area contributed by atoms with Gasteiger partial charge in [-0.3, -0.25) is 9.69 Å². The van der Waals surface area contributed by atoms with Crippen molar-refractivity contribution in [3.63, 3.8) is 0 Å². The van der Waals surface area contributed by atoms with Crippen LogP contribution in [0.1, 0.15) is 24.2 Å². The molecule has 28 heavy (non-hydrogen) atoms. The Morgan fingerprint density at radius 3 is 2.54 bits per heavy atom. The van der Waals surface area contributed by atoms with E-state index in [4.69, 9.17) is 0 Å². The first kappa shape index (κ1) is 18.3. The van der Waals surface area contributed by atoms with Gasteiger partial charge in [-0.05, 0) is 30.5 Å². The smallest absolute Gasteiger partial charge is 0.326 e. The van der Waals surface area contributed by atoms with E-state index in [2.05, 4.69) is 9.97 Å². The predicted molar refractivity (Wildman–Crippen MR) is 98.1 cm³/mol. The zero-order chi connectivity index (χ0) is 19.8. The van der Waals surface area contributed by atoms with Crippen LogP contribution in [0.2, 0.25) is 0 Å². The molecule has 146 valence electrons. The second-order valence-electron chi connectivity index (χ2n) is 6.96. The maximum absolute atomic E-state index is 13.4. The van der Waals surface area contributed by atoms with Gasteiger partial charge in [0.1, 0.15) is 23.1 Å². The molecule has 1 atom stereocenters. The summed E-state index contributed by atoms with van der Waals surface area (Å²) < 4.78 is 26.8. The van der Waals surface area contributed by atoms with E-state index in [-0.39, 0.29) is 12.5 Å². The average molecular weight is 387 g/mol. The summed E-state index contributed by atoms with van der Waals surface area (Å²) in [6.45, 7) is 1.31. The molecule has 4 rings (SSSR count). The molecule has 0 N–H and O–H groups in total. The number of urea groups is 1. The second kappa shape index (κ2) is 7.14. The van der Waals surface area contributed by atoms with Gasteiger partial charge in [-0.1, -0.05) is 0 Å². The number of likely N-dealkylation sites (N-methyl/N-ethyl adjacent to an activating group) is 1. The van der Waals surface area contributed by atoms with Gasteiger partial charge in [-0.2, -0.15) is 0 Å². The highest BCUT2D eigenvalue weighted by atomic mass is 19.1. The van der Waals surface area contributed by atoms with Crippen molar-refractivity contribution >= 4 is 23.8 Å². The molecule has 2 aliphatic rings. The number of benzene rings is 1. The highest BCUT2D eigenvalue weighted by Crippen LogP contribution is 2.37. The number of hydrogen-bond acceptors (Lipinski definition) is 5. The topological polar surface area (TPSA) is 69.6 Å². The number of nitrogens with zero attached hydrogens (tertiary/aromatic N) is 5. The molecule has 7 nitrogen and oxygen atoms in total. The van der Waals surface area contributed by atoms with E-state index in [1.54, 1.807) is 16.8 Å². The number of anilines is 2. The molecule has 2 amide bonds. The van der Waals surface area contributed by atoms with Gasteiger partial charge in [0.25, 0.3) is 0 Å². The maximum atomic E-state index is 13.4. The van der Waals surface area contributed by atoms with E-state index in [1.165, 1.54) is 23.2 Å². The van der Waals surface area contributed by atoms with Crippen molar-refractivity contribution in [3.05, 3.63) is 47.4 Å². The fourth-order valence-electron chi connectivity index (χ4n) is 3.68. The molecule has 1 saturated heterocycles. The zero-order valence-corrected chi connectivity index (χ0v) is 15.3. The summed E-state index contributed by atoms with van der Waals surface area (Å²) >= 11 is 0. The van der Waals surface area contributed by atoms with Gasteiger partial charge < -0.3 is 9.80 Å². The molecule has 3 heterocycles. The van der Waals surface area contributed by atoms with Gasteiger partial charge >= 0.3 is 6.03 Å². The first-order chi connectivity index (χ1) is 13.5. The number of rotatable bonds is 3. The summed E-state index contributed by atoms with van der Waals surface area (Å²) in [5, 5.41) is 0. The number of fused-ring (bicyclic) bond motifs is 1. The number of carbonyl (C=O) groups is 2. The van der Waals surface area contributed by atoms with Crippen LogP contribution in [0.25, 0.3) is 0 Å². The Morgan fingerprint density at radius 2 is 1.89 bits per heavy atom. The minimum absolute atomic E-state index is 0.127. The highest BCUT2D eigenvalue weighted by Gasteiger charge is 2.41. The molecular formula is C19H19F2N5O2. The number of aldehydes is 1. The minimum atomic E-state index is -0.806.